The molecule has 1 heterocycles. The van der Waals surface area contributed by atoms with Crippen molar-refractivity contribution in [2.75, 3.05) is 7.05 Å². The smallest absolute Gasteiger partial charge is 0.219 e. The van der Waals surface area contributed by atoms with Crippen molar-refractivity contribution in [2.45, 2.75) is 13.5 Å². The van der Waals surface area contributed by atoms with Crippen molar-refractivity contribution in [3.63, 3.8) is 0 Å². The molecule has 5 heteroatoms. The summed E-state index contributed by atoms with van der Waals surface area (Å²) in [7, 11) is 1.81. The molecule has 1 aromatic carbocycles. The summed E-state index contributed by atoms with van der Waals surface area (Å²) in [5, 5.41) is 3.54. The van der Waals surface area contributed by atoms with Gasteiger partial charge in [0.05, 0.1) is 10.7 Å². The van der Waals surface area contributed by atoms with Crippen LogP contribution < -0.4 is 10.1 Å². The number of aromatic nitrogens is 1. The van der Waals surface area contributed by atoms with Crippen LogP contribution in [0.4, 0.5) is 4.39 Å². The lowest BCUT2D eigenvalue weighted by atomic mass is 10.2. The minimum Gasteiger partial charge on any atom is -0.439 e. The summed E-state index contributed by atoms with van der Waals surface area (Å²) in [6, 6.07) is 8.06. The van der Waals surface area contributed by atoms with E-state index in [2.05, 4.69) is 10.3 Å². The molecule has 0 atom stereocenters. The van der Waals surface area contributed by atoms with E-state index in [1.165, 1.54) is 6.07 Å². The first kappa shape index (κ1) is 13.8. The highest BCUT2D eigenvalue weighted by Crippen LogP contribution is 2.24. The van der Waals surface area contributed by atoms with E-state index in [4.69, 9.17) is 16.3 Å². The molecule has 100 valence electrons. The molecule has 2 aromatic rings. The van der Waals surface area contributed by atoms with Crippen molar-refractivity contribution >= 4 is 11.6 Å². The monoisotopic (exact) mass is 280 g/mol. The zero-order valence-electron chi connectivity index (χ0n) is 10.7. The van der Waals surface area contributed by atoms with Crippen molar-refractivity contribution in [3.8, 4) is 11.6 Å². The number of nitrogens with one attached hydrogen (secondary N) is 1. The number of ether oxygens (including phenoxy) is 1. The highest BCUT2D eigenvalue weighted by molar-refractivity contribution is 6.31. The predicted molar refractivity (Wildman–Crippen MR) is 73.2 cm³/mol. The van der Waals surface area contributed by atoms with Gasteiger partial charge in [-0.05, 0) is 31.7 Å². The maximum absolute atomic E-state index is 13.4. The van der Waals surface area contributed by atoms with E-state index in [1.54, 1.807) is 38.2 Å². The summed E-state index contributed by atoms with van der Waals surface area (Å²) >= 11 is 6.01. The molecule has 0 aliphatic carbocycles. The van der Waals surface area contributed by atoms with E-state index in [9.17, 15) is 4.39 Å². The third-order valence-electron chi connectivity index (χ3n) is 2.60. The Kier molecular flexibility index (Phi) is 4.35. The second-order valence-electron chi connectivity index (χ2n) is 4.12. The number of hydrogen-bond acceptors (Lipinski definition) is 3. The number of rotatable bonds is 4. The van der Waals surface area contributed by atoms with Crippen molar-refractivity contribution in [1.82, 2.24) is 10.3 Å². The Morgan fingerprint density at radius 3 is 2.79 bits per heavy atom. The lowest BCUT2D eigenvalue weighted by molar-refractivity contribution is 0.455. The van der Waals surface area contributed by atoms with Gasteiger partial charge in [-0.15, -0.1) is 0 Å². The molecule has 0 bridgehead atoms. The first-order valence-electron chi connectivity index (χ1n) is 5.84. The second kappa shape index (κ2) is 5.99. The van der Waals surface area contributed by atoms with E-state index < -0.39 is 0 Å². The molecule has 2 rings (SSSR count). The van der Waals surface area contributed by atoms with Crippen molar-refractivity contribution in [3.05, 3.63) is 52.4 Å². The average Bonchev–Trinajstić information content (AvgIpc) is 2.38. The van der Waals surface area contributed by atoms with Gasteiger partial charge in [-0.2, -0.15) is 0 Å². The number of aryl methyl sites for hydroxylation is 1. The maximum atomic E-state index is 13.4. The fraction of sp³-hybridized carbons (Fsp3) is 0.214. The molecule has 1 aromatic heterocycles. The molecule has 0 aliphatic heterocycles. The minimum atomic E-state index is -0.304. The standard InChI is InChI=1S/C14H14ClFN2O/c1-9-3-4-10(7-12(9)16)19-14-6-5-11(15)13(18-14)8-17-2/h3-7,17H,8H2,1-2H3. The Morgan fingerprint density at radius 2 is 2.11 bits per heavy atom. The lowest BCUT2D eigenvalue weighted by Crippen LogP contribution is -2.07. The maximum Gasteiger partial charge on any atom is 0.219 e. The van der Waals surface area contributed by atoms with Crippen LogP contribution in [-0.4, -0.2) is 12.0 Å². The number of pyridine rings is 1. The Morgan fingerprint density at radius 1 is 1.32 bits per heavy atom. The van der Waals surface area contributed by atoms with Gasteiger partial charge in [0.1, 0.15) is 11.6 Å². The average molecular weight is 281 g/mol. The fourth-order valence-electron chi connectivity index (χ4n) is 1.57. The number of halogens is 2. The van der Waals surface area contributed by atoms with Crippen molar-refractivity contribution < 1.29 is 9.13 Å². The molecule has 0 saturated carbocycles. The molecule has 0 amide bonds. The van der Waals surface area contributed by atoms with Gasteiger partial charge in [-0.3, -0.25) is 0 Å². The normalized spacial score (nSPS) is 10.5. The van der Waals surface area contributed by atoms with Crippen LogP contribution in [0.25, 0.3) is 0 Å². The number of nitrogens with zero attached hydrogens (tertiary/aromatic N) is 1. The van der Waals surface area contributed by atoms with Gasteiger partial charge < -0.3 is 10.1 Å². The Bertz CT molecular complexity index is 590. The second-order valence-corrected chi connectivity index (χ2v) is 4.53. The summed E-state index contributed by atoms with van der Waals surface area (Å²) in [5.74, 6) is 0.494. The molecule has 0 fully saturated rings. The van der Waals surface area contributed by atoms with Crippen molar-refractivity contribution in [2.24, 2.45) is 0 Å². The Balaban J connectivity index is 2.22. The first-order valence-corrected chi connectivity index (χ1v) is 6.22. The molecule has 0 radical (unpaired) electrons. The zero-order chi connectivity index (χ0) is 13.8. The van der Waals surface area contributed by atoms with Gasteiger partial charge in [-0.1, -0.05) is 17.7 Å². The molecule has 0 spiro atoms. The van der Waals surface area contributed by atoms with E-state index in [-0.39, 0.29) is 5.82 Å². The summed E-state index contributed by atoms with van der Waals surface area (Å²) < 4.78 is 18.9. The largest absolute Gasteiger partial charge is 0.439 e. The highest BCUT2D eigenvalue weighted by atomic mass is 35.5. The quantitative estimate of drug-likeness (QED) is 0.927. The SMILES string of the molecule is CNCc1nc(Oc2ccc(C)c(F)c2)ccc1Cl. The van der Waals surface area contributed by atoms with E-state index in [0.717, 1.165) is 0 Å². The minimum absolute atomic E-state index is 0.304. The van der Waals surface area contributed by atoms with Gasteiger partial charge in [0, 0.05) is 18.7 Å². The zero-order valence-corrected chi connectivity index (χ0v) is 11.5. The third kappa shape index (κ3) is 3.43. The van der Waals surface area contributed by atoms with Crippen LogP contribution in [0, 0.1) is 12.7 Å². The molecule has 3 nitrogen and oxygen atoms in total. The Labute approximate surface area is 116 Å². The first-order chi connectivity index (χ1) is 9.10. The van der Waals surface area contributed by atoms with Crippen LogP contribution in [0.5, 0.6) is 11.6 Å². The van der Waals surface area contributed by atoms with Gasteiger partial charge in [0.2, 0.25) is 5.88 Å². The lowest BCUT2D eigenvalue weighted by Gasteiger charge is -2.08. The van der Waals surface area contributed by atoms with E-state index in [0.29, 0.717) is 34.5 Å². The number of benzene rings is 1. The summed E-state index contributed by atoms with van der Waals surface area (Å²) in [5.41, 5.74) is 1.27. The fourth-order valence-corrected chi connectivity index (χ4v) is 1.74. The topological polar surface area (TPSA) is 34.2 Å². The van der Waals surface area contributed by atoms with E-state index >= 15 is 0 Å². The van der Waals surface area contributed by atoms with Gasteiger partial charge >= 0.3 is 0 Å². The van der Waals surface area contributed by atoms with Crippen LogP contribution in [0.1, 0.15) is 11.3 Å². The predicted octanol–water partition coefficient (Wildman–Crippen LogP) is 3.69. The van der Waals surface area contributed by atoms with E-state index in [1.807, 2.05) is 0 Å². The van der Waals surface area contributed by atoms with Crippen LogP contribution in [-0.2, 0) is 6.54 Å². The van der Waals surface area contributed by atoms with Crippen molar-refractivity contribution in [1.29, 1.82) is 0 Å². The highest BCUT2D eigenvalue weighted by Gasteiger charge is 2.06. The Hall–Kier alpha value is -1.65. The molecular formula is C14H14ClFN2O. The van der Waals surface area contributed by atoms with Gasteiger partial charge in [0.25, 0.3) is 0 Å². The summed E-state index contributed by atoms with van der Waals surface area (Å²) in [6.45, 7) is 2.24. The molecule has 0 unspecified atom stereocenters. The summed E-state index contributed by atoms with van der Waals surface area (Å²) in [6.07, 6.45) is 0. The molecule has 1 N–H and O–H groups in total. The molecule has 0 saturated heterocycles. The van der Waals surface area contributed by atoms with Gasteiger partial charge in [0.15, 0.2) is 0 Å². The summed E-state index contributed by atoms with van der Waals surface area (Å²) in [4.78, 5) is 4.27. The molecule has 0 aliphatic rings. The number of hydrogen-bond donors (Lipinski definition) is 1. The van der Waals surface area contributed by atoms with Crippen LogP contribution in [0.15, 0.2) is 30.3 Å². The van der Waals surface area contributed by atoms with Crippen LogP contribution in [0.2, 0.25) is 5.02 Å². The van der Waals surface area contributed by atoms with Crippen LogP contribution in [0.3, 0.4) is 0 Å². The third-order valence-corrected chi connectivity index (χ3v) is 2.95. The molecule has 19 heavy (non-hydrogen) atoms. The molecular weight excluding hydrogens is 267 g/mol. The van der Waals surface area contributed by atoms with Crippen LogP contribution >= 0.6 is 11.6 Å². The van der Waals surface area contributed by atoms with Gasteiger partial charge in [-0.25, -0.2) is 9.37 Å².